The minimum Gasteiger partial charge on any atom is -0.454 e. The van der Waals surface area contributed by atoms with Crippen LogP contribution in [-0.2, 0) is 22.6 Å². The zero-order valence-electron chi connectivity index (χ0n) is 13.6. The quantitative estimate of drug-likeness (QED) is 0.665. The number of aromatic nitrogens is 2. The van der Waals surface area contributed by atoms with Gasteiger partial charge < -0.3 is 15.0 Å². The SMILES string of the molecule is Cc1ccc(NC(=O)Cc2nc(COC(=O)c3ccc[nH]3)cs2)cc1. The van der Waals surface area contributed by atoms with Gasteiger partial charge in [0, 0.05) is 17.3 Å². The average Bonchev–Trinajstić information content (AvgIpc) is 3.26. The van der Waals surface area contributed by atoms with Gasteiger partial charge in [-0.2, -0.15) is 0 Å². The summed E-state index contributed by atoms with van der Waals surface area (Å²) < 4.78 is 5.17. The third-order valence-corrected chi connectivity index (χ3v) is 4.31. The van der Waals surface area contributed by atoms with Gasteiger partial charge in [0.05, 0.1) is 12.1 Å². The summed E-state index contributed by atoms with van der Waals surface area (Å²) in [5.41, 5.74) is 2.92. The number of aromatic amines is 1. The molecule has 25 heavy (non-hydrogen) atoms. The van der Waals surface area contributed by atoms with E-state index in [1.807, 2.05) is 31.2 Å². The van der Waals surface area contributed by atoms with E-state index in [9.17, 15) is 9.59 Å². The van der Waals surface area contributed by atoms with Gasteiger partial charge >= 0.3 is 5.97 Å². The molecular formula is C18H17N3O3S. The molecule has 2 heterocycles. The number of hydrogen-bond donors (Lipinski definition) is 2. The molecule has 0 spiro atoms. The molecule has 1 aromatic carbocycles. The zero-order chi connectivity index (χ0) is 17.6. The van der Waals surface area contributed by atoms with Crippen molar-refractivity contribution in [3.8, 4) is 0 Å². The third-order valence-electron chi connectivity index (χ3n) is 3.42. The van der Waals surface area contributed by atoms with E-state index in [0.717, 1.165) is 11.3 Å². The van der Waals surface area contributed by atoms with Crippen molar-refractivity contribution in [2.75, 3.05) is 5.32 Å². The summed E-state index contributed by atoms with van der Waals surface area (Å²) in [6, 6.07) is 11.0. The molecule has 0 radical (unpaired) electrons. The number of anilines is 1. The Morgan fingerprint density at radius 2 is 2.04 bits per heavy atom. The van der Waals surface area contributed by atoms with Crippen LogP contribution in [0.2, 0.25) is 0 Å². The van der Waals surface area contributed by atoms with E-state index in [0.29, 0.717) is 16.4 Å². The first-order valence-corrected chi connectivity index (χ1v) is 8.58. The summed E-state index contributed by atoms with van der Waals surface area (Å²) in [7, 11) is 0. The number of H-pyrrole nitrogens is 1. The lowest BCUT2D eigenvalue weighted by Crippen LogP contribution is -2.14. The number of carbonyl (C=O) groups is 2. The largest absolute Gasteiger partial charge is 0.454 e. The Kier molecular flexibility index (Phi) is 5.25. The third kappa shape index (κ3) is 4.77. The number of nitrogens with zero attached hydrogens (tertiary/aromatic N) is 1. The Labute approximate surface area is 148 Å². The molecular weight excluding hydrogens is 338 g/mol. The van der Waals surface area contributed by atoms with Gasteiger partial charge in [-0.1, -0.05) is 17.7 Å². The van der Waals surface area contributed by atoms with Gasteiger partial charge in [0.25, 0.3) is 0 Å². The number of esters is 1. The first-order chi connectivity index (χ1) is 12.1. The highest BCUT2D eigenvalue weighted by Gasteiger charge is 2.11. The minimum atomic E-state index is -0.434. The lowest BCUT2D eigenvalue weighted by molar-refractivity contribution is -0.115. The van der Waals surface area contributed by atoms with Crippen molar-refractivity contribution in [2.24, 2.45) is 0 Å². The molecule has 128 valence electrons. The van der Waals surface area contributed by atoms with Crippen molar-refractivity contribution >= 4 is 28.9 Å². The lowest BCUT2D eigenvalue weighted by atomic mass is 10.2. The van der Waals surface area contributed by atoms with E-state index in [-0.39, 0.29) is 18.9 Å². The highest BCUT2D eigenvalue weighted by Crippen LogP contribution is 2.14. The van der Waals surface area contributed by atoms with E-state index in [2.05, 4.69) is 15.3 Å². The van der Waals surface area contributed by atoms with Crippen LogP contribution >= 0.6 is 11.3 Å². The Bertz CT molecular complexity index is 854. The molecule has 0 aliphatic rings. The van der Waals surface area contributed by atoms with Crippen LogP contribution in [0.1, 0.15) is 26.8 Å². The van der Waals surface area contributed by atoms with Gasteiger partial charge in [-0.05, 0) is 31.2 Å². The normalized spacial score (nSPS) is 10.4. The maximum Gasteiger partial charge on any atom is 0.355 e. The maximum atomic E-state index is 12.1. The van der Waals surface area contributed by atoms with E-state index < -0.39 is 5.97 Å². The molecule has 0 atom stereocenters. The number of rotatable bonds is 6. The summed E-state index contributed by atoms with van der Waals surface area (Å²) in [6.45, 7) is 2.07. The van der Waals surface area contributed by atoms with Crippen LogP contribution in [0.25, 0.3) is 0 Å². The van der Waals surface area contributed by atoms with Gasteiger partial charge in [-0.25, -0.2) is 9.78 Å². The minimum absolute atomic E-state index is 0.0773. The number of ether oxygens (including phenoxy) is 1. The van der Waals surface area contributed by atoms with Crippen LogP contribution in [0.15, 0.2) is 48.0 Å². The molecule has 0 bridgehead atoms. The highest BCUT2D eigenvalue weighted by atomic mass is 32.1. The number of nitrogens with one attached hydrogen (secondary N) is 2. The van der Waals surface area contributed by atoms with E-state index in [4.69, 9.17) is 4.74 Å². The van der Waals surface area contributed by atoms with Crippen LogP contribution in [0.3, 0.4) is 0 Å². The van der Waals surface area contributed by atoms with Crippen LogP contribution in [0.5, 0.6) is 0 Å². The molecule has 2 N–H and O–H groups in total. The number of carbonyl (C=O) groups excluding carboxylic acids is 2. The van der Waals surface area contributed by atoms with Crippen molar-refractivity contribution in [3.63, 3.8) is 0 Å². The maximum absolute atomic E-state index is 12.1. The molecule has 0 saturated heterocycles. The van der Waals surface area contributed by atoms with E-state index in [1.165, 1.54) is 11.3 Å². The molecule has 0 aliphatic heterocycles. The van der Waals surface area contributed by atoms with Crippen molar-refractivity contribution < 1.29 is 14.3 Å². The van der Waals surface area contributed by atoms with Crippen molar-refractivity contribution in [3.05, 3.63) is 69.9 Å². The summed E-state index contributed by atoms with van der Waals surface area (Å²) in [6.07, 6.45) is 1.84. The van der Waals surface area contributed by atoms with Crippen molar-refractivity contribution in [2.45, 2.75) is 20.0 Å². The second-order valence-corrected chi connectivity index (χ2v) is 6.43. The Hall–Kier alpha value is -2.93. The molecule has 0 unspecified atom stereocenters. The fourth-order valence-electron chi connectivity index (χ4n) is 2.15. The van der Waals surface area contributed by atoms with E-state index >= 15 is 0 Å². The number of aryl methyl sites for hydroxylation is 1. The van der Waals surface area contributed by atoms with Crippen molar-refractivity contribution in [1.82, 2.24) is 9.97 Å². The molecule has 1 amide bonds. The Morgan fingerprint density at radius 3 is 2.76 bits per heavy atom. The fraction of sp³-hybridized carbons (Fsp3) is 0.167. The number of amides is 1. The van der Waals surface area contributed by atoms with Gasteiger partial charge in [-0.3, -0.25) is 4.79 Å². The van der Waals surface area contributed by atoms with Crippen LogP contribution in [-0.4, -0.2) is 21.8 Å². The Balaban J connectivity index is 1.50. The molecule has 0 fully saturated rings. The first kappa shape index (κ1) is 16.9. The first-order valence-electron chi connectivity index (χ1n) is 7.70. The molecule has 0 aliphatic carbocycles. The predicted molar refractivity (Wildman–Crippen MR) is 95.5 cm³/mol. The molecule has 6 nitrogen and oxygen atoms in total. The average molecular weight is 355 g/mol. The summed E-state index contributed by atoms with van der Waals surface area (Å²) >= 11 is 1.37. The monoisotopic (exact) mass is 355 g/mol. The smallest absolute Gasteiger partial charge is 0.355 e. The van der Waals surface area contributed by atoms with Gasteiger partial charge in [0.15, 0.2) is 0 Å². The molecule has 0 saturated carbocycles. The van der Waals surface area contributed by atoms with Gasteiger partial charge in [0.2, 0.25) is 5.91 Å². The number of hydrogen-bond acceptors (Lipinski definition) is 5. The number of thiazole rings is 1. The number of benzene rings is 1. The highest BCUT2D eigenvalue weighted by molar-refractivity contribution is 7.09. The second kappa shape index (κ2) is 7.76. The van der Waals surface area contributed by atoms with Gasteiger partial charge in [-0.15, -0.1) is 11.3 Å². The molecule has 3 rings (SSSR count). The standard InChI is InChI=1S/C18H17N3O3S/c1-12-4-6-13(7-5-12)20-16(22)9-17-21-14(11-25-17)10-24-18(23)15-3-2-8-19-15/h2-8,11,19H,9-10H2,1H3,(H,20,22). The molecule has 2 aromatic heterocycles. The molecule has 3 aromatic rings. The second-order valence-electron chi connectivity index (χ2n) is 5.48. The molecule has 7 heteroatoms. The predicted octanol–water partition coefficient (Wildman–Crippen LogP) is 3.32. The lowest BCUT2D eigenvalue weighted by Gasteiger charge is -2.04. The zero-order valence-corrected chi connectivity index (χ0v) is 14.4. The topological polar surface area (TPSA) is 84.1 Å². The van der Waals surface area contributed by atoms with E-state index in [1.54, 1.807) is 23.7 Å². The van der Waals surface area contributed by atoms with Crippen LogP contribution < -0.4 is 5.32 Å². The fourth-order valence-corrected chi connectivity index (χ4v) is 2.93. The Morgan fingerprint density at radius 1 is 1.24 bits per heavy atom. The summed E-state index contributed by atoms with van der Waals surface area (Å²) in [5, 5.41) is 5.30. The van der Waals surface area contributed by atoms with Crippen LogP contribution in [0, 0.1) is 6.92 Å². The summed E-state index contributed by atoms with van der Waals surface area (Å²) in [5.74, 6) is -0.565. The van der Waals surface area contributed by atoms with Crippen molar-refractivity contribution in [1.29, 1.82) is 0 Å². The van der Waals surface area contributed by atoms with Gasteiger partial charge in [0.1, 0.15) is 17.3 Å². The van der Waals surface area contributed by atoms with Crippen LogP contribution in [0.4, 0.5) is 5.69 Å². The summed E-state index contributed by atoms with van der Waals surface area (Å²) in [4.78, 5) is 30.9.